The Hall–Kier alpha value is -3.64. The largest absolute Gasteiger partial charge is 0.462 e. The highest BCUT2D eigenvalue weighted by atomic mass is 35.5. The van der Waals surface area contributed by atoms with Crippen molar-refractivity contribution in [1.29, 1.82) is 0 Å². The monoisotopic (exact) mass is 702 g/mol. The van der Waals surface area contributed by atoms with Crippen LogP contribution in [0, 0.1) is 6.57 Å². The molecule has 264 valence electrons. The van der Waals surface area contributed by atoms with Crippen molar-refractivity contribution in [2.24, 2.45) is 0 Å². The molecule has 5 heterocycles. The molecule has 4 aliphatic heterocycles. The van der Waals surface area contributed by atoms with Crippen molar-refractivity contribution in [2.45, 2.75) is 44.1 Å². The highest BCUT2D eigenvalue weighted by Crippen LogP contribution is 2.43. The van der Waals surface area contributed by atoms with Gasteiger partial charge in [-0.1, -0.05) is 23.7 Å². The first-order chi connectivity index (χ1) is 23.6. The van der Waals surface area contributed by atoms with E-state index in [4.69, 9.17) is 37.6 Å². The van der Waals surface area contributed by atoms with E-state index >= 15 is 0 Å². The third kappa shape index (κ3) is 8.23. The van der Waals surface area contributed by atoms with Crippen LogP contribution < -0.4 is 14.5 Å². The van der Waals surface area contributed by atoms with Gasteiger partial charge in [0.2, 0.25) is 12.5 Å². The molecule has 1 aromatic heterocycles. The summed E-state index contributed by atoms with van der Waals surface area (Å²) in [6.45, 7) is 14.5. The molecule has 1 aromatic carbocycles. The minimum atomic E-state index is -4.63. The predicted octanol–water partition coefficient (Wildman–Crippen LogP) is 4.01. The smallest absolute Gasteiger partial charge is 0.419 e. The first-order valence-electron chi connectivity index (χ1n) is 16.8. The number of nitrogens with zero attached hydrogens (tertiary/aromatic N) is 8. The average Bonchev–Trinajstić information content (AvgIpc) is 3.50. The van der Waals surface area contributed by atoms with Crippen LogP contribution in [-0.4, -0.2) is 128 Å². The Morgan fingerprint density at radius 2 is 1.94 bits per heavy atom. The van der Waals surface area contributed by atoms with Gasteiger partial charge in [0.05, 0.1) is 41.7 Å². The number of likely N-dealkylation sites (tertiary alicyclic amines) is 1. The van der Waals surface area contributed by atoms with Crippen molar-refractivity contribution in [1.82, 2.24) is 24.7 Å². The van der Waals surface area contributed by atoms with Crippen LogP contribution in [-0.2, 0) is 28.7 Å². The van der Waals surface area contributed by atoms with Gasteiger partial charge in [0.15, 0.2) is 0 Å². The molecule has 6 rings (SSSR count). The van der Waals surface area contributed by atoms with E-state index in [0.29, 0.717) is 70.5 Å². The molecular weight excluding hydrogens is 661 g/mol. The summed E-state index contributed by atoms with van der Waals surface area (Å²) in [6.07, 6.45) is 1.31. The van der Waals surface area contributed by atoms with Crippen LogP contribution in [0.3, 0.4) is 0 Å². The number of morpholine rings is 1. The summed E-state index contributed by atoms with van der Waals surface area (Å²) in [5.41, 5.74) is 0.568. The molecule has 4 aliphatic rings. The van der Waals surface area contributed by atoms with Gasteiger partial charge in [-0.05, 0) is 45.0 Å². The second-order valence-electron chi connectivity index (χ2n) is 12.9. The number of alkyl halides is 3. The van der Waals surface area contributed by atoms with Crippen molar-refractivity contribution in [3.05, 3.63) is 63.6 Å². The van der Waals surface area contributed by atoms with Crippen LogP contribution in [0.2, 0.25) is 5.02 Å². The molecule has 0 radical (unpaired) electrons. The Morgan fingerprint density at radius 1 is 1.12 bits per heavy atom. The Kier molecular flexibility index (Phi) is 11.1. The van der Waals surface area contributed by atoms with Crippen LogP contribution in [0.1, 0.15) is 29.7 Å². The maximum Gasteiger partial charge on any atom is 0.419 e. The zero-order chi connectivity index (χ0) is 34.5. The second kappa shape index (κ2) is 15.5. The normalized spacial score (nSPS) is 22.4. The van der Waals surface area contributed by atoms with E-state index in [2.05, 4.69) is 26.6 Å². The molecule has 0 bridgehead atoms. The molecular formula is C34H42ClF3N8O3. The lowest BCUT2D eigenvalue weighted by Crippen LogP contribution is -2.56. The van der Waals surface area contributed by atoms with Crippen molar-refractivity contribution in [3.63, 3.8) is 0 Å². The summed E-state index contributed by atoms with van der Waals surface area (Å²) in [5.74, 6) is 0.514. The lowest BCUT2D eigenvalue weighted by Gasteiger charge is -2.41. The molecule has 1 amide bonds. The van der Waals surface area contributed by atoms with Gasteiger partial charge in [-0.25, -0.2) is 6.57 Å². The maximum atomic E-state index is 14.1. The second-order valence-corrected chi connectivity index (χ2v) is 13.3. The highest BCUT2D eigenvalue weighted by Gasteiger charge is 2.39. The minimum Gasteiger partial charge on any atom is -0.462 e. The maximum absolute atomic E-state index is 14.1. The third-order valence-corrected chi connectivity index (χ3v) is 10.1. The van der Waals surface area contributed by atoms with Gasteiger partial charge in [-0.3, -0.25) is 9.69 Å². The predicted molar refractivity (Wildman–Crippen MR) is 180 cm³/mol. The summed E-state index contributed by atoms with van der Waals surface area (Å²) in [5, 5.41) is -0.349. The Balaban J connectivity index is 1.25. The standard InChI is InChI=1S/C34H42ClF3N8O3/c1-39-20-25-21-45(14-15-46(25)30(47)9-5-12-43-16-18-48-19-17-43)32-26-10-13-44(29-8-3-7-27(35)31(29)34(36,37)38)22-28(26)40-33(41-32)49-23-24-6-4-11-42(24)2/h3,5,7-9,24-25H,4,6,10-23H2,2H3/b9-5+/t24-,25-/m0/s1. The number of halogens is 4. The Bertz CT molecular complexity index is 1560. The number of piperazine rings is 1. The first kappa shape index (κ1) is 35.2. The molecule has 0 aliphatic carbocycles. The number of ether oxygens (including phenoxy) is 2. The number of carbonyl (C=O) groups is 1. The lowest BCUT2D eigenvalue weighted by molar-refractivity contribution is -0.137. The summed E-state index contributed by atoms with van der Waals surface area (Å²) >= 11 is 6.07. The quantitative estimate of drug-likeness (QED) is 0.285. The summed E-state index contributed by atoms with van der Waals surface area (Å²) in [7, 11) is 2.05. The molecule has 0 saturated carbocycles. The van der Waals surface area contributed by atoms with Crippen LogP contribution in [0.15, 0.2) is 30.4 Å². The van der Waals surface area contributed by atoms with E-state index in [-0.39, 0.29) is 47.8 Å². The summed E-state index contributed by atoms with van der Waals surface area (Å²) < 4.78 is 54.0. The fourth-order valence-corrected chi connectivity index (χ4v) is 7.40. The van der Waals surface area contributed by atoms with Gasteiger partial charge in [-0.2, -0.15) is 23.1 Å². The fraction of sp³-hybridized carbons (Fsp3) is 0.588. The Morgan fingerprint density at radius 3 is 2.67 bits per heavy atom. The molecule has 0 N–H and O–H groups in total. The van der Waals surface area contributed by atoms with Crippen molar-refractivity contribution >= 4 is 29.0 Å². The van der Waals surface area contributed by atoms with E-state index in [1.807, 2.05) is 6.08 Å². The number of fused-ring (bicyclic) bond motifs is 1. The highest BCUT2D eigenvalue weighted by molar-refractivity contribution is 6.31. The average molecular weight is 703 g/mol. The molecule has 3 saturated heterocycles. The molecule has 3 fully saturated rings. The number of anilines is 2. The molecule has 11 nitrogen and oxygen atoms in total. The van der Waals surface area contributed by atoms with E-state index in [9.17, 15) is 18.0 Å². The van der Waals surface area contributed by atoms with Crippen LogP contribution in [0.5, 0.6) is 6.01 Å². The van der Waals surface area contributed by atoms with E-state index in [1.54, 1.807) is 15.9 Å². The number of carbonyl (C=O) groups excluding carboxylic acids is 1. The van der Waals surface area contributed by atoms with Gasteiger partial charge in [-0.15, -0.1) is 0 Å². The van der Waals surface area contributed by atoms with Gasteiger partial charge in [0.1, 0.15) is 18.5 Å². The van der Waals surface area contributed by atoms with Gasteiger partial charge < -0.3 is 33.9 Å². The number of hydrogen-bond acceptors (Lipinski definition) is 9. The lowest BCUT2D eigenvalue weighted by atomic mass is 10.0. The molecule has 15 heteroatoms. The summed E-state index contributed by atoms with van der Waals surface area (Å²) in [4.78, 5) is 36.5. The van der Waals surface area contributed by atoms with Gasteiger partial charge in [0.25, 0.3) is 0 Å². The van der Waals surface area contributed by atoms with E-state index < -0.39 is 11.7 Å². The third-order valence-electron chi connectivity index (χ3n) is 9.81. The number of rotatable bonds is 9. The number of aromatic nitrogens is 2. The number of benzene rings is 1. The van der Waals surface area contributed by atoms with Crippen LogP contribution in [0.4, 0.5) is 24.7 Å². The van der Waals surface area contributed by atoms with E-state index in [0.717, 1.165) is 38.0 Å². The SMILES string of the molecule is [C-]#[N+]C[C@H]1CN(c2nc(OC[C@@H]3CCCN3C)nc3c2CCN(c2cccc(Cl)c2C(F)(F)F)C3)CCN1C(=O)/C=C/CN1CCOCC1. The zero-order valence-corrected chi connectivity index (χ0v) is 28.4. The summed E-state index contributed by atoms with van der Waals surface area (Å²) in [6, 6.07) is 4.24. The molecule has 0 spiro atoms. The number of amides is 1. The van der Waals surface area contributed by atoms with Gasteiger partial charge in [0, 0.05) is 63.5 Å². The van der Waals surface area contributed by atoms with Crippen LogP contribution in [0.25, 0.3) is 4.85 Å². The van der Waals surface area contributed by atoms with Gasteiger partial charge >= 0.3 is 12.2 Å². The number of likely N-dealkylation sites (N-methyl/N-ethyl adjacent to an activating group) is 1. The topological polar surface area (TPSA) is 81.9 Å². The van der Waals surface area contributed by atoms with Crippen molar-refractivity contribution < 1.29 is 27.4 Å². The number of hydrogen-bond donors (Lipinski definition) is 0. The Labute approximate surface area is 290 Å². The molecule has 2 aromatic rings. The first-order valence-corrected chi connectivity index (χ1v) is 17.2. The van der Waals surface area contributed by atoms with E-state index in [1.165, 1.54) is 18.2 Å². The zero-order valence-electron chi connectivity index (χ0n) is 27.7. The van der Waals surface area contributed by atoms with Crippen molar-refractivity contribution in [2.75, 3.05) is 95.6 Å². The van der Waals surface area contributed by atoms with Crippen molar-refractivity contribution in [3.8, 4) is 6.01 Å². The molecule has 49 heavy (non-hydrogen) atoms. The molecule has 0 unspecified atom stereocenters. The molecule has 2 atom stereocenters. The van der Waals surface area contributed by atoms with Crippen LogP contribution >= 0.6 is 11.6 Å². The fourth-order valence-electron chi connectivity index (χ4n) is 7.12. The minimum absolute atomic E-state index is 0.00628.